The van der Waals surface area contributed by atoms with Gasteiger partial charge in [0.15, 0.2) is 0 Å². The number of benzene rings is 2. The SMILES string of the molecule is CCCNC(=O)[C@@H](C)N(Cc1cccc(Cl)c1)C(=O)CCCN(c1ccc(Cl)cc1)S(C)(=O)=O. The summed E-state index contributed by atoms with van der Waals surface area (Å²) in [4.78, 5) is 27.3. The summed E-state index contributed by atoms with van der Waals surface area (Å²) in [7, 11) is -3.56. The van der Waals surface area contributed by atoms with Crippen molar-refractivity contribution in [2.75, 3.05) is 23.7 Å². The van der Waals surface area contributed by atoms with Crippen molar-refractivity contribution in [1.29, 1.82) is 0 Å². The third kappa shape index (κ3) is 8.49. The molecule has 0 spiro atoms. The number of halogens is 2. The normalized spacial score (nSPS) is 12.1. The predicted molar refractivity (Wildman–Crippen MR) is 138 cm³/mol. The number of sulfonamides is 1. The van der Waals surface area contributed by atoms with Gasteiger partial charge in [0.2, 0.25) is 21.8 Å². The van der Waals surface area contributed by atoms with Crippen molar-refractivity contribution >= 4 is 50.7 Å². The Bertz CT molecular complexity index is 1080. The van der Waals surface area contributed by atoms with Crippen LogP contribution < -0.4 is 9.62 Å². The zero-order chi connectivity index (χ0) is 25.3. The van der Waals surface area contributed by atoms with Crippen molar-refractivity contribution in [2.45, 2.75) is 45.7 Å². The van der Waals surface area contributed by atoms with Gasteiger partial charge in [-0.3, -0.25) is 13.9 Å². The lowest BCUT2D eigenvalue weighted by molar-refractivity contribution is -0.140. The maximum Gasteiger partial charge on any atom is 0.242 e. The molecule has 0 radical (unpaired) electrons. The fourth-order valence-corrected chi connectivity index (χ4v) is 4.73. The van der Waals surface area contributed by atoms with Crippen LogP contribution in [-0.4, -0.2) is 50.5 Å². The Kier molecular flexibility index (Phi) is 10.7. The minimum absolute atomic E-state index is 0.0750. The number of carbonyl (C=O) groups is 2. The van der Waals surface area contributed by atoms with Gasteiger partial charge < -0.3 is 10.2 Å². The first-order valence-electron chi connectivity index (χ1n) is 11.1. The largest absolute Gasteiger partial charge is 0.354 e. The first-order valence-corrected chi connectivity index (χ1v) is 13.7. The number of nitrogens with zero attached hydrogens (tertiary/aromatic N) is 2. The van der Waals surface area contributed by atoms with Gasteiger partial charge in [-0.25, -0.2) is 8.42 Å². The number of rotatable bonds is 12. The molecule has 0 aliphatic rings. The van der Waals surface area contributed by atoms with Gasteiger partial charge in [-0.05, 0) is 61.7 Å². The number of amides is 2. The second-order valence-electron chi connectivity index (χ2n) is 8.03. The topological polar surface area (TPSA) is 86.8 Å². The van der Waals surface area contributed by atoms with Crippen LogP contribution in [0.4, 0.5) is 5.69 Å². The highest BCUT2D eigenvalue weighted by molar-refractivity contribution is 7.92. The average Bonchev–Trinajstić information content (AvgIpc) is 2.78. The first kappa shape index (κ1) is 28.0. The van der Waals surface area contributed by atoms with Crippen molar-refractivity contribution in [3.05, 3.63) is 64.1 Å². The maximum atomic E-state index is 13.2. The van der Waals surface area contributed by atoms with Crippen LogP contribution >= 0.6 is 23.2 Å². The molecule has 0 saturated heterocycles. The van der Waals surface area contributed by atoms with E-state index in [1.807, 2.05) is 13.0 Å². The quantitative estimate of drug-likeness (QED) is 0.440. The molecule has 2 rings (SSSR count). The van der Waals surface area contributed by atoms with E-state index in [9.17, 15) is 18.0 Å². The first-order chi connectivity index (χ1) is 16.0. The van der Waals surface area contributed by atoms with Crippen LogP contribution in [0.1, 0.15) is 38.7 Å². The summed E-state index contributed by atoms with van der Waals surface area (Å²) >= 11 is 12.0. The zero-order valence-corrected chi connectivity index (χ0v) is 22.0. The predicted octanol–water partition coefficient (Wildman–Crippen LogP) is 4.48. The number of hydrogen-bond acceptors (Lipinski definition) is 4. The van der Waals surface area contributed by atoms with Crippen LogP contribution in [0, 0.1) is 0 Å². The summed E-state index contributed by atoms with van der Waals surface area (Å²) in [6.45, 7) is 4.49. The summed E-state index contributed by atoms with van der Waals surface area (Å²) in [6, 6.07) is 12.9. The zero-order valence-electron chi connectivity index (χ0n) is 19.6. The summed E-state index contributed by atoms with van der Waals surface area (Å²) in [5.41, 5.74) is 1.28. The van der Waals surface area contributed by atoms with E-state index in [1.165, 1.54) is 9.21 Å². The Hall–Kier alpha value is -2.29. The van der Waals surface area contributed by atoms with E-state index in [2.05, 4.69) is 5.32 Å². The molecule has 0 unspecified atom stereocenters. The summed E-state index contributed by atoms with van der Waals surface area (Å²) < 4.78 is 25.9. The van der Waals surface area contributed by atoms with Crippen molar-refractivity contribution in [1.82, 2.24) is 10.2 Å². The van der Waals surface area contributed by atoms with E-state index in [1.54, 1.807) is 49.4 Å². The van der Waals surface area contributed by atoms with Crippen LogP contribution in [0.15, 0.2) is 48.5 Å². The highest BCUT2D eigenvalue weighted by Gasteiger charge is 2.26. The number of nitrogens with one attached hydrogen (secondary N) is 1. The Morgan fingerprint density at radius 3 is 2.32 bits per heavy atom. The third-order valence-corrected chi connectivity index (χ3v) is 6.91. The van der Waals surface area contributed by atoms with E-state index < -0.39 is 16.1 Å². The van der Waals surface area contributed by atoms with Crippen LogP contribution in [-0.2, 0) is 26.2 Å². The molecule has 0 saturated carbocycles. The molecule has 2 aromatic carbocycles. The average molecular weight is 529 g/mol. The van der Waals surface area contributed by atoms with Gasteiger partial charge in [0.25, 0.3) is 0 Å². The lowest BCUT2D eigenvalue weighted by Crippen LogP contribution is -2.47. The van der Waals surface area contributed by atoms with E-state index in [0.29, 0.717) is 22.3 Å². The fourth-order valence-electron chi connectivity index (χ4n) is 3.42. The summed E-state index contributed by atoms with van der Waals surface area (Å²) in [5, 5.41) is 3.87. The molecule has 1 N–H and O–H groups in total. The van der Waals surface area contributed by atoms with Crippen LogP contribution in [0.2, 0.25) is 10.0 Å². The summed E-state index contributed by atoms with van der Waals surface area (Å²) in [6.07, 6.45) is 2.26. The van der Waals surface area contributed by atoms with Gasteiger partial charge in [0.1, 0.15) is 6.04 Å². The molecule has 0 aromatic heterocycles. The van der Waals surface area contributed by atoms with Gasteiger partial charge in [-0.2, -0.15) is 0 Å². The number of hydrogen-bond donors (Lipinski definition) is 1. The van der Waals surface area contributed by atoms with Crippen molar-refractivity contribution in [2.24, 2.45) is 0 Å². The highest BCUT2D eigenvalue weighted by Crippen LogP contribution is 2.22. The van der Waals surface area contributed by atoms with Gasteiger partial charge >= 0.3 is 0 Å². The fraction of sp³-hybridized carbons (Fsp3) is 0.417. The van der Waals surface area contributed by atoms with Crippen molar-refractivity contribution in [3.8, 4) is 0 Å². The standard InChI is InChI=1S/C24H31Cl2N3O4S/c1-4-14-27-24(31)18(2)28(17-19-7-5-8-21(26)16-19)23(30)9-6-15-29(34(3,32)33)22-12-10-20(25)11-13-22/h5,7-8,10-13,16,18H,4,6,9,14-15,17H2,1-3H3,(H,27,31)/t18-/m1/s1. The van der Waals surface area contributed by atoms with E-state index in [0.717, 1.165) is 18.2 Å². The maximum absolute atomic E-state index is 13.2. The minimum Gasteiger partial charge on any atom is -0.354 e. The Morgan fingerprint density at radius 1 is 1.06 bits per heavy atom. The molecule has 0 heterocycles. The molecule has 0 bridgehead atoms. The number of carbonyl (C=O) groups excluding carboxylic acids is 2. The van der Waals surface area contributed by atoms with E-state index >= 15 is 0 Å². The molecule has 2 amide bonds. The van der Waals surface area contributed by atoms with Gasteiger partial charge in [0.05, 0.1) is 11.9 Å². The van der Waals surface area contributed by atoms with E-state index in [4.69, 9.17) is 23.2 Å². The molecule has 10 heteroatoms. The minimum atomic E-state index is -3.56. The third-order valence-electron chi connectivity index (χ3n) is 5.23. The van der Waals surface area contributed by atoms with Gasteiger partial charge in [-0.15, -0.1) is 0 Å². The van der Waals surface area contributed by atoms with Gasteiger partial charge in [0, 0.05) is 36.1 Å². The molecule has 2 aromatic rings. The lowest BCUT2D eigenvalue weighted by Gasteiger charge is -2.29. The van der Waals surface area contributed by atoms with Gasteiger partial charge in [-0.1, -0.05) is 42.3 Å². The summed E-state index contributed by atoms with van der Waals surface area (Å²) in [5.74, 6) is -0.486. The molecule has 0 aliphatic heterocycles. The molecular formula is C24H31Cl2N3O4S. The molecule has 186 valence electrons. The van der Waals surface area contributed by atoms with Crippen LogP contribution in [0.5, 0.6) is 0 Å². The molecular weight excluding hydrogens is 497 g/mol. The molecule has 0 fully saturated rings. The Balaban J connectivity index is 2.14. The number of anilines is 1. The molecule has 34 heavy (non-hydrogen) atoms. The van der Waals surface area contributed by atoms with Crippen molar-refractivity contribution < 1.29 is 18.0 Å². The van der Waals surface area contributed by atoms with Crippen LogP contribution in [0.25, 0.3) is 0 Å². The lowest BCUT2D eigenvalue weighted by atomic mass is 10.1. The van der Waals surface area contributed by atoms with E-state index in [-0.39, 0.29) is 37.7 Å². The Labute approximate surface area is 212 Å². The molecule has 7 nitrogen and oxygen atoms in total. The highest BCUT2D eigenvalue weighted by atomic mass is 35.5. The van der Waals surface area contributed by atoms with Crippen LogP contribution in [0.3, 0.4) is 0 Å². The molecule has 1 atom stereocenters. The monoisotopic (exact) mass is 527 g/mol. The smallest absolute Gasteiger partial charge is 0.242 e. The second kappa shape index (κ2) is 13.0. The molecule has 0 aliphatic carbocycles. The Morgan fingerprint density at radius 2 is 1.74 bits per heavy atom. The second-order valence-corrected chi connectivity index (χ2v) is 10.8. The van der Waals surface area contributed by atoms with Crippen molar-refractivity contribution in [3.63, 3.8) is 0 Å².